The normalized spacial score (nSPS) is 13.7. The predicted molar refractivity (Wildman–Crippen MR) is 102 cm³/mol. The van der Waals surface area contributed by atoms with E-state index in [0.29, 0.717) is 25.4 Å². The summed E-state index contributed by atoms with van der Waals surface area (Å²) in [5.74, 6) is 5.46. The molecule has 1 aromatic heterocycles. The molecule has 2 amide bonds. The first kappa shape index (κ1) is 21.0. The Labute approximate surface area is 159 Å². The number of hydrazine groups is 1. The zero-order valence-electron chi connectivity index (χ0n) is 16.7. The van der Waals surface area contributed by atoms with Crippen LogP contribution in [0.1, 0.15) is 63.1 Å². The molecule has 0 spiro atoms. The summed E-state index contributed by atoms with van der Waals surface area (Å²) in [5, 5.41) is 1.08. The standard InChI is InChI=1S/C19H30N4O4/c1-5-7-10-27-18-15(24)11-14(12-23(20)16(25)6-2)22-9-8-21(13(3)4)19(26)17(18)22/h11,13H,5-10,12,20H2,1-4H3. The van der Waals surface area contributed by atoms with E-state index in [1.807, 2.05) is 20.8 Å². The molecule has 2 heterocycles. The number of hydrogen-bond donors (Lipinski definition) is 1. The predicted octanol–water partition coefficient (Wildman–Crippen LogP) is 1.50. The third kappa shape index (κ3) is 4.50. The average Bonchev–Trinajstić information content (AvgIpc) is 2.63. The quantitative estimate of drug-likeness (QED) is 0.320. The largest absolute Gasteiger partial charge is 0.487 e. The Balaban J connectivity index is 2.51. The average molecular weight is 378 g/mol. The van der Waals surface area contributed by atoms with Gasteiger partial charge in [-0.05, 0) is 20.3 Å². The number of carbonyl (C=O) groups excluding carboxylic acids is 2. The number of carbonyl (C=O) groups is 2. The Kier molecular flexibility index (Phi) is 7.01. The van der Waals surface area contributed by atoms with E-state index in [2.05, 4.69) is 0 Å². The van der Waals surface area contributed by atoms with E-state index in [-0.39, 0.29) is 47.7 Å². The third-order valence-electron chi connectivity index (χ3n) is 4.70. The highest BCUT2D eigenvalue weighted by Gasteiger charge is 2.32. The molecule has 0 bridgehead atoms. The number of aromatic nitrogens is 1. The highest BCUT2D eigenvalue weighted by atomic mass is 16.5. The van der Waals surface area contributed by atoms with Crippen molar-refractivity contribution in [2.75, 3.05) is 13.2 Å². The molecule has 27 heavy (non-hydrogen) atoms. The van der Waals surface area contributed by atoms with Crippen molar-refractivity contribution in [2.45, 2.75) is 66.1 Å². The minimum absolute atomic E-state index is 0.0150. The Morgan fingerprint density at radius 2 is 2.00 bits per heavy atom. The molecule has 0 aliphatic carbocycles. The van der Waals surface area contributed by atoms with Gasteiger partial charge in [0.05, 0.1) is 13.2 Å². The summed E-state index contributed by atoms with van der Waals surface area (Å²) in [4.78, 5) is 39.3. The van der Waals surface area contributed by atoms with Gasteiger partial charge in [0.1, 0.15) is 0 Å². The van der Waals surface area contributed by atoms with E-state index < -0.39 is 0 Å². The number of unbranched alkanes of at least 4 members (excludes halogenated alkanes) is 1. The number of nitrogens with zero attached hydrogens (tertiary/aromatic N) is 3. The van der Waals surface area contributed by atoms with Crippen LogP contribution < -0.4 is 16.0 Å². The number of amides is 2. The second-order valence-electron chi connectivity index (χ2n) is 7.00. The lowest BCUT2D eigenvalue weighted by Crippen LogP contribution is -2.47. The lowest BCUT2D eigenvalue weighted by Gasteiger charge is -2.35. The first-order valence-corrected chi connectivity index (χ1v) is 9.57. The number of hydrogen-bond acceptors (Lipinski definition) is 5. The van der Waals surface area contributed by atoms with Crippen LogP contribution in [0.15, 0.2) is 10.9 Å². The van der Waals surface area contributed by atoms with Crippen LogP contribution in [-0.2, 0) is 17.9 Å². The van der Waals surface area contributed by atoms with Crippen molar-refractivity contribution in [3.63, 3.8) is 0 Å². The molecule has 8 heteroatoms. The molecule has 0 atom stereocenters. The maximum atomic E-state index is 13.1. The van der Waals surface area contributed by atoms with Crippen LogP contribution >= 0.6 is 0 Å². The molecule has 1 aliphatic rings. The van der Waals surface area contributed by atoms with Crippen LogP contribution in [0.3, 0.4) is 0 Å². The molecule has 0 unspecified atom stereocenters. The van der Waals surface area contributed by atoms with E-state index >= 15 is 0 Å². The van der Waals surface area contributed by atoms with Gasteiger partial charge in [0.2, 0.25) is 11.3 Å². The van der Waals surface area contributed by atoms with Crippen LogP contribution in [0.5, 0.6) is 5.75 Å². The second kappa shape index (κ2) is 9.03. The summed E-state index contributed by atoms with van der Waals surface area (Å²) in [6, 6.07) is 1.44. The molecular weight excluding hydrogens is 348 g/mol. The zero-order chi connectivity index (χ0) is 20.1. The molecule has 0 radical (unpaired) electrons. The number of pyridine rings is 1. The van der Waals surface area contributed by atoms with E-state index in [4.69, 9.17) is 10.6 Å². The fourth-order valence-electron chi connectivity index (χ4n) is 3.14. The number of fused-ring (bicyclic) bond motifs is 1. The smallest absolute Gasteiger partial charge is 0.274 e. The minimum Gasteiger partial charge on any atom is -0.487 e. The van der Waals surface area contributed by atoms with Gasteiger partial charge in [0.15, 0.2) is 11.4 Å². The third-order valence-corrected chi connectivity index (χ3v) is 4.70. The summed E-state index contributed by atoms with van der Waals surface area (Å²) in [6.07, 6.45) is 1.99. The van der Waals surface area contributed by atoms with Gasteiger partial charge in [-0.25, -0.2) is 5.84 Å². The Morgan fingerprint density at radius 1 is 1.30 bits per heavy atom. The maximum Gasteiger partial charge on any atom is 0.274 e. The van der Waals surface area contributed by atoms with Crippen LogP contribution in [0.2, 0.25) is 0 Å². The van der Waals surface area contributed by atoms with Crippen LogP contribution in [0, 0.1) is 0 Å². The molecule has 2 rings (SSSR count). The molecule has 1 aromatic rings. The number of ether oxygens (including phenoxy) is 1. The Morgan fingerprint density at radius 3 is 2.59 bits per heavy atom. The molecule has 1 aliphatic heterocycles. The van der Waals surface area contributed by atoms with Gasteiger partial charge in [-0.2, -0.15) is 0 Å². The molecule has 0 saturated heterocycles. The second-order valence-corrected chi connectivity index (χ2v) is 7.00. The molecule has 0 fully saturated rings. The monoisotopic (exact) mass is 378 g/mol. The minimum atomic E-state index is -0.358. The summed E-state index contributed by atoms with van der Waals surface area (Å²) >= 11 is 0. The van der Waals surface area contributed by atoms with Crippen molar-refractivity contribution < 1.29 is 14.3 Å². The molecule has 150 valence electrons. The van der Waals surface area contributed by atoms with Crippen molar-refractivity contribution in [1.82, 2.24) is 14.5 Å². The number of nitrogens with two attached hydrogens (primary N) is 1. The molecule has 2 N–H and O–H groups in total. The molecule has 0 aromatic carbocycles. The zero-order valence-corrected chi connectivity index (χ0v) is 16.7. The molecular formula is C19H30N4O4. The van der Waals surface area contributed by atoms with E-state index in [1.54, 1.807) is 16.4 Å². The fraction of sp³-hybridized carbons (Fsp3) is 0.632. The SMILES string of the molecule is CCCCOc1c2n(c(CN(N)C(=O)CC)cc1=O)CCN(C(C)C)C2=O. The maximum absolute atomic E-state index is 13.1. The molecule has 8 nitrogen and oxygen atoms in total. The van der Waals surface area contributed by atoms with Crippen LogP contribution in [0.4, 0.5) is 0 Å². The van der Waals surface area contributed by atoms with Gasteiger partial charge in [-0.15, -0.1) is 0 Å². The fourth-order valence-corrected chi connectivity index (χ4v) is 3.14. The van der Waals surface area contributed by atoms with Crippen LogP contribution in [-0.4, -0.2) is 45.5 Å². The van der Waals surface area contributed by atoms with Crippen molar-refractivity contribution in [1.29, 1.82) is 0 Å². The van der Waals surface area contributed by atoms with Gasteiger partial charge in [0, 0.05) is 37.3 Å². The van der Waals surface area contributed by atoms with Gasteiger partial charge >= 0.3 is 0 Å². The first-order chi connectivity index (χ1) is 12.8. The summed E-state index contributed by atoms with van der Waals surface area (Å²) in [5.41, 5.74) is 0.438. The van der Waals surface area contributed by atoms with Crippen molar-refractivity contribution in [3.8, 4) is 5.75 Å². The van der Waals surface area contributed by atoms with Gasteiger partial charge in [-0.3, -0.25) is 19.4 Å². The van der Waals surface area contributed by atoms with Gasteiger partial charge in [-0.1, -0.05) is 20.3 Å². The Bertz CT molecular complexity index is 757. The highest BCUT2D eigenvalue weighted by molar-refractivity contribution is 5.96. The first-order valence-electron chi connectivity index (χ1n) is 9.57. The number of rotatable bonds is 8. The van der Waals surface area contributed by atoms with Crippen LogP contribution in [0.25, 0.3) is 0 Å². The van der Waals surface area contributed by atoms with Gasteiger partial charge in [0.25, 0.3) is 5.91 Å². The lowest BCUT2D eigenvalue weighted by atomic mass is 10.1. The highest BCUT2D eigenvalue weighted by Crippen LogP contribution is 2.24. The van der Waals surface area contributed by atoms with E-state index in [0.717, 1.165) is 17.9 Å². The Hall–Kier alpha value is -2.35. The summed E-state index contributed by atoms with van der Waals surface area (Å²) in [7, 11) is 0. The van der Waals surface area contributed by atoms with Crippen molar-refractivity contribution in [3.05, 3.63) is 27.7 Å². The van der Waals surface area contributed by atoms with Gasteiger partial charge < -0.3 is 14.2 Å². The molecule has 0 saturated carbocycles. The lowest BCUT2D eigenvalue weighted by molar-refractivity contribution is -0.131. The summed E-state index contributed by atoms with van der Waals surface area (Å²) in [6.45, 7) is 9.12. The summed E-state index contributed by atoms with van der Waals surface area (Å²) < 4.78 is 7.48. The topological polar surface area (TPSA) is 97.9 Å². The van der Waals surface area contributed by atoms with E-state index in [9.17, 15) is 14.4 Å². The van der Waals surface area contributed by atoms with Crippen molar-refractivity contribution in [2.24, 2.45) is 5.84 Å². The van der Waals surface area contributed by atoms with Crippen molar-refractivity contribution >= 4 is 11.8 Å². The van der Waals surface area contributed by atoms with E-state index in [1.165, 1.54) is 6.07 Å².